The minimum absolute atomic E-state index is 0.00954. The zero-order valence-corrected chi connectivity index (χ0v) is 13.3. The molecule has 0 spiro atoms. The summed E-state index contributed by atoms with van der Waals surface area (Å²) in [6, 6.07) is 24.3. The summed E-state index contributed by atoms with van der Waals surface area (Å²) in [4.78, 5) is 19.2. The molecule has 0 N–H and O–H groups in total. The van der Waals surface area contributed by atoms with Gasteiger partial charge in [0.05, 0.1) is 23.8 Å². The first-order valence-corrected chi connectivity index (χ1v) is 8.16. The van der Waals surface area contributed by atoms with Gasteiger partial charge in [0.25, 0.3) is 5.91 Å². The zero-order valence-electron chi connectivity index (χ0n) is 13.3. The summed E-state index contributed by atoms with van der Waals surface area (Å²) < 4.78 is 0. The maximum Gasteiger partial charge on any atom is 0.256 e. The van der Waals surface area contributed by atoms with E-state index < -0.39 is 0 Å². The molecule has 24 heavy (non-hydrogen) atoms. The predicted octanol–water partition coefficient (Wildman–Crippen LogP) is 4.02. The van der Waals surface area contributed by atoms with Crippen LogP contribution in [0.5, 0.6) is 0 Å². The molecule has 1 aromatic heterocycles. The molecule has 1 amide bonds. The van der Waals surface area contributed by atoms with Crippen LogP contribution >= 0.6 is 0 Å². The van der Waals surface area contributed by atoms with Crippen LogP contribution < -0.4 is 0 Å². The van der Waals surface area contributed by atoms with Crippen molar-refractivity contribution in [2.24, 2.45) is 0 Å². The highest BCUT2D eigenvalue weighted by atomic mass is 16.2. The molecule has 3 aromatic rings. The maximum absolute atomic E-state index is 12.9. The molecular weight excluding hydrogens is 296 g/mol. The first-order chi connectivity index (χ1) is 11.8. The van der Waals surface area contributed by atoms with E-state index in [-0.39, 0.29) is 11.9 Å². The van der Waals surface area contributed by atoms with Crippen LogP contribution in [0.2, 0.25) is 0 Å². The summed E-state index contributed by atoms with van der Waals surface area (Å²) in [5.41, 5.74) is 3.98. The molecule has 3 heteroatoms. The Balaban J connectivity index is 1.70. The third-order valence-electron chi connectivity index (χ3n) is 4.53. The summed E-state index contributed by atoms with van der Waals surface area (Å²) >= 11 is 0. The second-order valence-corrected chi connectivity index (χ2v) is 6.05. The van der Waals surface area contributed by atoms with Crippen molar-refractivity contribution in [2.45, 2.75) is 19.0 Å². The van der Waals surface area contributed by atoms with Crippen molar-refractivity contribution in [2.75, 3.05) is 0 Å². The van der Waals surface area contributed by atoms with Gasteiger partial charge in [-0.3, -0.25) is 9.78 Å². The van der Waals surface area contributed by atoms with E-state index in [1.165, 1.54) is 5.56 Å². The number of aromatic nitrogens is 1. The molecule has 0 fully saturated rings. The summed E-state index contributed by atoms with van der Waals surface area (Å²) in [6.07, 6.45) is 2.55. The molecule has 118 valence electrons. The van der Waals surface area contributed by atoms with Gasteiger partial charge in [-0.25, -0.2) is 0 Å². The van der Waals surface area contributed by atoms with Crippen LogP contribution in [0.1, 0.15) is 33.2 Å². The van der Waals surface area contributed by atoms with Crippen molar-refractivity contribution in [3.8, 4) is 0 Å². The van der Waals surface area contributed by atoms with Gasteiger partial charge in [0, 0.05) is 6.20 Å². The fraction of sp³-hybridized carbons (Fsp3) is 0.143. The minimum Gasteiger partial charge on any atom is -0.325 e. The summed E-state index contributed by atoms with van der Waals surface area (Å²) in [5.74, 6) is 0.0721. The maximum atomic E-state index is 12.9. The molecule has 2 heterocycles. The number of pyridine rings is 1. The van der Waals surface area contributed by atoms with Crippen LogP contribution in [0, 0.1) is 0 Å². The molecule has 0 bridgehead atoms. The van der Waals surface area contributed by atoms with Gasteiger partial charge in [0.15, 0.2) is 0 Å². The lowest BCUT2D eigenvalue weighted by atomic mass is 9.97. The average Bonchev–Trinajstić information content (AvgIpc) is 2.98. The fourth-order valence-corrected chi connectivity index (χ4v) is 3.32. The molecule has 1 atom stereocenters. The molecule has 0 saturated heterocycles. The third kappa shape index (κ3) is 2.69. The lowest BCUT2D eigenvalue weighted by molar-refractivity contribution is 0.0699. The van der Waals surface area contributed by atoms with E-state index in [0.29, 0.717) is 6.54 Å². The number of hydrogen-bond acceptors (Lipinski definition) is 2. The molecule has 3 nitrogen and oxygen atoms in total. The summed E-state index contributed by atoms with van der Waals surface area (Å²) in [5, 5.41) is 0. The Labute approximate surface area is 141 Å². The van der Waals surface area contributed by atoms with Crippen molar-refractivity contribution in [3.63, 3.8) is 0 Å². The van der Waals surface area contributed by atoms with Crippen LogP contribution in [0.3, 0.4) is 0 Å². The van der Waals surface area contributed by atoms with E-state index in [4.69, 9.17) is 0 Å². The normalized spacial score (nSPS) is 14.5. The van der Waals surface area contributed by atoms with Crippen LogP contribution in [0.25, 0.3) is 0 Å². The molecular formula is C21H18N2O. The Kier molecular flexibility index (Phi) is 3.83. The van der Waals surface area contributed by atoms with Crippen LogP contribution in [0.15, 0.2) is 79.0 Å². The highest BCUT2D eigenvalue weighted by Crippen LogP contribution is 2.32. The second kappa shape index (κ2) is 6.28. The van der Waals surface area contributed by atoms with Crippen molar-refractivity contribution >= 4 is 5.91 Å². The van der Waals surface area contributed by atoms with Crippen molar-refractivity contribution in [1.29, 1.82) is 0 Å². The summed E-state index contributed by atoms with van der Waals surface area (Å²) in [6.45, 7) is 0.571. The fourth-order valence-electron chi connectivity index (χ4n) is 3.32. The van der Waals surface area contributed by atoms with Crippen molar-refractivity contribution in [3.05, 3.63) is 101 Å². The van der Waals surface area contributed by atoms with Gasteiger partial charge < -0.3 is 4.90 Å². The van der Waals surface area contributed by atoms with E-state index in [2.05, 4.69) is 29.2 Å². The molecule has 0 unspecified atom stereocenters. The quantitative estimate of drug-likeness (QED) is 0.728. The summed E-state index contributed by atoms with van der Waals surface area (Å²) in [7, 11) is 0. The number of hydrogen-bond donors (Lipinski definition) is 0. The van der Waals surface area contributed by atoms with Gasteiger partial charge in [0.2, 0.25) is 0 Å². The molecule has 1 aliphatic rings. The number of rotatable bonds is 4. The third-order valence-corrected chi connectivity index (χ3v) is 4.53. The standard InChI is InChI=1S/C21H18N2O/c24-21-18-12-7-13-22-19(18)15-23(21)20(17-10-5-2-6-11-17)14-16-8-3-1-4-9-16/h1-13,20H,14-15H2/t20-/m0/s1. The van der Waals surface area contributed by atoms with E-state index in [9.17, 15) is 4.79 Å². The lowest BCUT2D eigenvalue weighted by Gasteiger charge is -2.28. The van der Waals surface area contributed by atoms with Gasteiger partial charge in [-0.2, -0.15) is 0 Å². The molecule has 2 aromatic carbocycles. The Morgan fingerprint density at radius 2 is 1.62 bits per heavy atom. The van der Waals surface area contributed by atoms with Crippen LogP contribution in [-0.4, -0.2) is 15.8 Å². The molecule has 0 aliphatic carbocycles. The van der Waals surface area contributed by atoms with E-state index in [1.54, 1.807) is 6.20 Å². The second-order valence-electron chi connectivity index (χ2n) is 6.05. The van der Waals surface area contributed by atoms with Crippen molar-refractivity contribution in [1.82, 2.24) is 9.88 Å². The lowest BCUT2D eigenvalue weighted by Crippen LogP contribution is -2.30. The van der Waals surface area contributed by atoms with Gasteiger partial charge in [-0.15, -0.1) is 0 Å². The highest BCUT2D eigenvalue weighted by Gasteiger charge is 2.34. The van der Waals surface area contributed by atoms with Crippen LogP contribution in [0.4, 0.5) is 0 Å². The van der Waals surface area contributed by atoms with Crippen molar-refractivity contribution < 1.29 is 4.79 Å². The van der Waals surface area contributed by atoms with Gasteiger partial charge in [-0.05, 0) is 29.7 Å². The largest absolute Gasteiger partial charge is 0.325 e. The number of carbonyl (C=O) groups excluding carboxylic acids is 1. The average molecular weight is 314 g/mol. The van der Waals surface area contributed by atoms with Gasteiger partial charge >= 0.3 is 0 Å². The Morgan fingerprint density at radius 3 is 2.33 bits per heavy atom. The Hall–Kier alpha value is -2.94. The van der Waals surface area contributed by atoms with E-state index >= 15 is 0 Å². The van der Waals surface area contributed by atoms with E-state index in [0.717, 1.165) is 23.2 Å². The number of benzene rings is 2. The molecule has 0 saturated carbocycles. The molecule has 4 rings (SSSR count). The first kappa shape index (κ1) is 14.6. The van der Waals surface area contributed by atoms with E-state index in [1.807, 2.05) is 53.4 Å². The number of amides is 1. The topological polar surface area (TPSA) is 33.2 Å². The zero-order chi connectivity index (χ0) is 16.4. The monoisotopic (exact) mass is 314 g/mol. The highest BCUT2D eigenvalue weighted by molar-refractivity contribution is 5.98. The Morgan fingerprint density at radius 1 is 0.917 bits per heavy atom. The molecule has 0 radical (unpaired) electrons. The SMILES string of the molecule is O=C1c2cccnc2CN1[C@@H](Cc1ccccc1)c1ccccc1. The minimum atomic E-state index is 0.00954. The first-order valence-electron chi connectivity index (χ1n) is 8.16. The number of carbonyl (C=O) groups is 1. The number of nitrogens with zero attached hydrogens (tertiary/aromatic N) is 2. The van der Waals surface area contributed by atoms with Crippen LogP contribution in [-0.2, 0) is 13.0 Å². The number of fused-ring (bicyclic) bond motifs is 1. The molecule has 1 aliphatic heterocycles. The Bertz CT molecular complexity index is 846. The smallest absolute Gasteiger partial charge is 0.256 e. The predicted molar refractivity (Wildman–Crippen MR) is 93.4 cm³/mol. The van der Waals surface area contributed by atoms with Gasteiger partial charge in [0.1, 0.15) is 0 Å². The van der Waals surface area contributed by atoms with Gasteiger partial charge in [-0.1, -0.05) is 60.7 Å².